The number of nitrogens with one attached hydrogen (secondary N) is 1. The van der Waals surface area contributed by atoms with Gasteiger partial charge in [-0.15, -0.1) is 0 Å². The van der Waals surface area contributed by atoms with Crippen molar-refractivity contribution in [3.05, 3.63) is 94.5 Å². The van der Waals surface area contributed by atoms with Gasteiger partial charge in [0.25, 0.3) is 0 Å². The van der Waals surface area contributed by atoms with E-state index >= 15 is 0 Å². The van der Waals surface area contributed by atoms with Crippen LogP contribution in [0, 0.1) is 5.92 Å². The highest BCUT2D eigenvalue weighted by Crippen LogP contribution is 2.43. The maximum atomic E-state index is 11.4. The van der Waals surface area contributed by atoms with Gasteiger partial charge in [-0.1, -0.05) is 41.9 Å². The van der Waals surface area contributed by atoms with Crippen LogP contribution in [0.2, 0.25) is 5.02 Å². The summed E-state index contributed by atoms with van der Waals surface area (Å²) in [4.78, 5) is 34.3. The quantitative estimate of drug-likeness (QED) is 0.146. The molecule has 0 spiro atoms. The number of rotatable bonds is 11. The second-order valence-electron chi connectivity index (χ2n) is 13.8. The molecule has 3 aromatic heterocycles. The molecule has 2 fully saturated rings. The number of β-amino-alcohol motifs (C(OH)–C–C–N with tert-alkyl or cyclic N) is 1. The van der Waals surface area contributed by atoms with Crippen molar-refractivity contribution < 1.29 is 24.5 Å². The van der Waals surface area contributed by atoms with Gasteiger partial charge in [0.2, 0.25) is 11.8 Å². The Bertz CT molecular complexity index is 2130. The molecule has 3 aliphatic rings. The first-order chi connectivity index (χ1) is 25.3. The number of carboxylic acid groups (broad SMARTS) is 1. The zero-order valence-electron chi connectivity index (χ0n) is 28.8. The van der Waals surface area contributed by atoms with Crippen LogP contribution in [0.5, 0.6) is 11.8 Å². The van der Waals surface area contributed by atoms with Crippen LogP contribution < -0.4 is 14.8 Å². The number of halogens is 1. The molecule has 0 saturated carbocycles. The lowest BCUT2D eigenvalue weighted by Crippen LogP contribution is -2.22. The summed E-state index contributed by atoms with van der Waals surface area (Å²) in [6.45, 7) is 3.94. The van der Waals surface area contributed by atoms with Gasteiger partial charge in [0, 0.05) is 56.1 Å². The third-order valence-electron chi connectivity index (χ3n) is 10.3. The lowest BCUT2D eigenvalue weighted by molar-refractivity contribution is -0.141. The number of methoxy groups -OCH3 is 1. The maximum Gasteiger partial charge on any atom is 0.307 e. The van der Waals surface area contributed by atoms with Gasteiger partial charge in [-0.3, -0.25) is 19.6 Å². The van der Waals surface area contributed by atoms with Crippen LogP contribution in [-0.2, 0) is 24.3 Å². The SMILES string of the molecule is COc1nc(O[C@@H]2CCc3c(-c4cccc(Nc5nccc6cc(CN7CC[C@@H](C(=O)O)C7)cnc56)c4Cl)cccc32)cnc1CN1CC[C@@H](O)C1. The summed E-state index contributed by atoms with van der Waals surface area (Å²) in [7, 11) is 1.58. The molecule has 268 valence electrons. The topological polar surface area (TPSA) is 146 Å². The van der Waals surface area contributed by atoms with Crippen molar-refractivity contribution in [2.75, 3.05) is 38.6 Å². The normalized spacial score (nSPS) is 20.3. The van der Waals surface area contributed by atoms with E-state index in [1.807, 2.05) is 36.5 Å². The molecule has 8 rings (SSSR count). The molecule has 3 atom stereocenters. The molecule has 5 heterocycles. The molecule has 5 aromatic rings. The fraction of sp³-hybridized carbons (Fsp3) is 0.359. The minimum Gasteiger partial charge on any atom is -0.481 e. The number of fused-ring (bicyclic) bond motifs is 2. The second-order valence-corrected chi connectivity index (χ2v) is 14.2. The van der Waals surface area contributed by atoms with Crippen LogP contribution in [0.3, 0.4) is 0 Å². The molecule has 52 heavy (non-hydrogen) atoms. The second kappa shape index (κ2) is 14.6. The lowest BCUT2D eigenvalue weighted by Gasteiger charge is -2.18. The number of likely N-dealkylation sites (tertiary alicyclic amines) is 2. The number of hydrogen-bond donors (Lipinski definition) is 3. The Hall–Kier alpha value is -4.88. The van der Waals surface area contributed by atoms with E-state index in [1.165, 1.54) is 5.56 Å². The van der Waals surface area contributed by atoms with Gasteiger partial charge in [-0.25, -0.2) is 9.97 Å². The molecular formula is C39H40ClN7O5. The summed E-state index contributed by atoms with van der Waals surface area (Å²) < 4.78 is 12.0. The van der Waals surface area contributed by atoms with Crippen molar-refractivity contribution in [1.29, 1.82) is 0 Å². The van der Waals surface area contributed by atoms with Gasteiger partial charge in [0.1, 0.15) is 17.3 Å². The third kappa shape index (κ3) is 6.99. The number of carboxylic acids is 1. The monoisotopic (exact) mass is 721 g/mol. The number of aliphatic hydroxyl groups excluding tert-OH is 1. The number of pyridine rings is 2. The number of aromatic nitrogens is 4. The highest BCUT2D eigenvalue weighted by atomic mass is 35.5. The number of benzene rings is 2. The molecule has 13 heteroatoms. The smallest absolute Gasteiger partial charge is 0.307 e. The molecule has 12 nitrogen and oxygen atoms in total. The molecule has 0 amide bonds. The molecule has 0 radical (unpaired) electrons. The number of carbonyl (C=O) groups is 1. The van der Waals surface area contributed by atoms with Crippen LogP contribution in [0.1, 0.15) is 47.8 Å². The molecule has 1 aliphatic carbocycles. The van der Waals surface area contributed by atoms with Gasteiger partial charge < -0.3 is 25.0 Å². The zero-order chi connectivity index (χ0) is 35.8. The first kappa shape index (κ1) is 34.2. The van der Waals surface area contributed by atoms with Crippen LogP contribution in [0.4, 0.5) is 11.5 Å². The predicted octanol–water partition coefficient (Wildman–Crippen LogP) is 6.03. The van der Waals surface area contributed by atoms with Crippen LogP contribution >= 0.6 is 11.6 Å². The van der Waals surface area contributed by atoms with Crippen LogP contribution in [0.15, 0.2) is 67.1 Å². The Morgan fingerprint density at radius 3 is 2.62 bits per heavy atom. The average molecular weight is 722 g/mol. The fourth-order valence-electron chi connectivity index (χ4n) is 7.70. The summed E-state index contributed by atoms with van der Waals surface area (Å²) in [6, 6.07) is 16.2. The Balaban J connectivity index is 0.994. The highest BCUT2D eigenvalue weighted by molar-refractivity contribution is 6.36. The Morgan fingerprint density at radius 2 is 1.81 bits per heavy atom. The van der Waals surface area contributed by atoms with E-state index in [4.69, 9.17) is 26.1 Å². The summed E-state index contributed by atoms with van der Waals surface area (Å²) in [5, 5.41) is 24.2. The van der Waals surface area contributed by atoms with Crippen LogP contribution in [-0.4, -0.2) is 85.3 Å². The molecule has 2 aliphatic heterocycles. The van der Waals surface area contributed by atoms with Crippen molar-refractivity contribution in [2.24, 2.45) is 5.92 Å². The summed E-state index contributed by atoms with van der Waals surface area (Å²) >= 11 is 7.14. The van der Waals surface area contributed by atoms with Gasteiger partial charge in [0.05, 0.1) is 36.0 Å². The van der Waals surface area contributed by atoms with Crippen LogP contribution in [0.25, 0.3) is 22.0 Å². The maximum absolute atomic E-state index is 11.4. The van der Waals surface area contributed by atoms with Crippen molar-refractivity contribution in [3.8, 4) is 22.9 Å². The predicted molar refractivity (Wildman–Crippen MR) is 197 cm³/mol. The Labute approximate surface area is 306 Å². The molecule has 0 unspecified atom stereocenters. The average Bonchev–Trinajstić information content (AvgIpc) is 3.90. The van der Waals surface area contributed by atoms with E-state index in [0.29, 0.717) is 55.2 Å². The van der Waals surface area contributed by atoms with Crippen molar-refractivity contribution >= 4 is 40.0 Å². The van der Waals surface area contributed by atoms with Gasteiger partial charge in [-0.2, -0.15) is 4.98 Å². The number of aliphatic hydroxyl groups is 1. The highest BCUT2D eigenvalue weighted by Gasteiger charge is 2.30. The van der Waals surface area contributed by atoms with Crippen molar-refractivity contribution in [1.82, 2.24) is 29.7 Å². The minimum atomic E-state index is -0.732. The molecule has 2 saturated heterocycles. The molecule has 0 bridgehead atoms. The number of hydrogen-bond acceptors (Lipinski definition) is 11. The first-order valence-electron chi connectivity index (χ1n) is 17.7. The largest absolute Gasteiger partial charge is 0.481 e. The minimum absolute atomic E-state index is 0.200. The standard InChI is InChI=1S/C39H40ClN7O5/c1-51-38-32(22-47-15-12-26(48)21-47)42-18-34(45-38)52-33-9-8-28-27(4-2-5-29(28)33)30-6-3-7-31(35(30)40)44-37-36-24(10-13-41-37)16-23(17-43-36)19-46-14-11-25(20-46)39(49)50/h2-7,10,13,16-18,25-26,33,48H,8-9,11-12,14-15,19-22H2,1H3,(H,41,44)(H,49,50)/t25-,26-,33-/m1/s1. The third-order valence-corrected chi connectivity index (χ3v) is 10.7. The molecule has 3 N–H and O–H groups in total. The van der Waals surface area contributed by atoms with E-state index in [0.717, 1.165) is 76.9 Å². The first-order valence-corrected chi connectivity index (χ1v) is 18.0. The van der Waals surface area contributed by atoms with Gasteiger partial charge >= 0.3 is 5.97 Å². The fourth-order valence-corrected chi connectivity index (χ4v) is 7.97. The Kier molecular flexibility index (Phi) is 9.63. The molecular weight excluding hydrogens is 682 g/mol. The number of anilines is 2. The summed E-state index contributed by atoms with van der Waals surface area (Å²) in [6.07, 6.45) is 7.75. The number of ether oxygens (including phenoxy) is 2. The lowest BCUT2D eigenvalue weighted by atomic mass is 9.96. The zero-order valence-corrected chi connectivity index (χ0v) is 29.6. The summed E-state index contributed by atoms with van der Waals surface area (Å²) in [5.74, 6) is 0.383. The van der Waals surface area contributed by atoms with E-state index in [-0.39, 0.29) is 18.1 Å². The van der Waals surface area contributed by atoms with Crippen molar-refractivity contribution in [3.63, 3.8) is 0 Å². The number of nitrogens with zero attached hydrogens (tertiary/aromatic N) is 6. The van der Waals surface area contributed by atoms with E-state index in [2.05, 4.69) is 48.3 Å². The van der Waals surface area contributed by atoms with E-state index in [9.17, 15) is 15.0 Å². The number of aliphatic carboxylic acids is 1. The van der Waals surface area contributed by atoms with Crippen molar-refractivity contribution in [2.45, 2.75) is 51.0 Å². The molecule has 2 aromatic carbocycles. The van der Waals surface area contributed by atoms with E-state index < -0.39 is 5.97 Å². The summed E-state index contributed by atoms with van der Waals surface area (Å²) in [5.41, 5.74) is 7.41. The van der Waals surface area contributed by atoms with E-state index in [1.54, 1.807) is 19.5 Å². The van der Waals surface area contributed by atoms with Gasteiger partial charge in [0.15, 0.2) is 5.82 Å². The van der Waals surface area contributed by atoms with Gasteiger partial charge in [-0.05, 0) is 72.7 Å². The Morgan fingerprint density at radius 1 is 0.981 bits per heavy atom.